The SMILES string of the molecule is C/C(=N\OC(=O)c1ccccc1)C(C)NC(=O)c1ccccc1. The molecular weight excluding hydrogens is 292 g/mol. The van der Waals surface area contributed by atoms with E-state index in [-0.39, 0.29) is 11.9 Å². The number of carbonyl (C=O) groups excluding carboxylic acids is 2. The quantitative estimate of drug-likeness (QED) is 0.524. The summed E-state index contributed by atoms with van der Waals surface area (Å²) in [6.45, 7) is 3.46. The van der Waals surface area contributed by atoms with Crippen LogP contribution in [0.15, 0.2) is 65.8 Å². The minimum absolute atomic E-state index is 0.206. The Morgan fingerprint density at radius 1 is 0.957 bits per heavy atom. The van der Waals surface area contributed by atoms with Crippen molar-refractivity contribution in [1.82, 2.24) is 5.32 Å². The highest BCUT2D eigenvalue weighted by atomic mass is 16.7. The highest BCUT2D eigenvalue weighted by Crippen LogP contribution is 2.03. The summed E-state index contributed by atoms with van der Waals surface area (Å²) in [7, 11) is 0. The van der Waals surface area contributed by atoms with Gasteiger partial charge in [-0.25, -0.2) is 4.79 Å². The first-order valence-electron chi connectivity index (χ1n) is 7.24. The number of oxime groups is 1. The topological polar surface area (TPSA) is 67.8 Å². The number of carbonyl (C=O) groups is 2. The number of hydrogen-bond acceptors (Lipinski definition) is 4. The average molecular weight is 310 g/mol. The summed E-state index contributed by atoms with van der Waals surface area (Å²) < 4.78 is 0. The Morgan fingerprint density at radius 3 is 2.04 bits per heavy atom. The fraction of sp³-hybridized carbons (Fsp3) is 0.167. The van der Waals surface area contributed by atoms with E-state index in [0.717, 1.165) is 0 Å². The van der Waals surface area contributed by atoms with E-state index < -0.39 is 5.97 Å². The minimum atomic E-state index is -0.536. The molecule has 118 valence electrons. The Kier molecular flexibility index (Phi) is 5.63. The molecular formula is C18H18N2O3. The highest BCUT2D eigenvalue weighted by Gasteiger charge is 2.13. The largest absolute Gasteiger partial charge is 0.365 e. The standard InChI is InChI=1S/C18H18N2O3/c1-13(19-17(21)15-9-5-3-6-10-15)14(2)20-23-18(22)16-11-7-4-8-12-16/h3-13H,1-2H3,(H,19,21)/b20-14+. The molecule has 0 saturated carbocycles. The van der Waals surface area contributed by atoms with Gasteiger partial charge in [0.2, 0.25) is 0 Å². The minimum Gasteiger partial charge on any atom is -0.344 e. The molecule has 23 heavy (non-hydrogen) atoms. The van der Waals surface area contributed by atoms with Gasteiger partial charge in [-0.1, -0.05) is 41.6 Å². The molecule has 0 bridgehead atoms. The monoisotopic (exact) mass is 310 g/mol. The van der Waals surface area contributed by atoms with E-state index in [2.05, 4.69) is 10.5 Å². The lowest BCUT2D eigenvalue weighted by molar-refractivity contribution is 0.0514. The molecule has 0 saturated heterocycles. The lowest BCUT2D eigenvalue weighted by atomic mass is 10.1. The van der Waals surface area contributed by atoms with Crippen LogP contribution in [0.3, 0.4) is 0 Å². The van der Waals surface area contributed by atoms with Gasteiger partial charge in [0.1, 0.15) is 0 Å². The molecule has 0 radical (unpaired) electrons. The maximum absolute atomic E-state index is 12.0. The normalized spacial score (nSPS) is 12.3. The number of amides is 1. The van der Waals surface area contributed by atoms with Crippen molar-refractivity contribution in [3.05, 3.63) is 71.8 Å². The molecule has 0 aliphatic rings. The third-order valence-corrected chi connectivity index (χ3v) is 3.29. The first kappa shape index (κ1) is 16.4. The lowest BCUT2D eigenvalue weighted by Crippen LogP contribution is -2.37. The number of rotatable bonds is 5. The Morgan fingerprint density at radius 2 is 1.48 bits per heavy atom. The van der Waals surface area contributed by atoms with E-state index >= 15 is 0 Å². The van der Waals surface area contributed by atoms with E-state index in [1.807, 2.05) is 12.1 Å². The van der Waals surface area contributed by atoms with Gasteiger partial charge in [0, 0.05) is 5.56 Å². The van der Waals surface area contributed by atoms with Crippen molar-refractivity contribution in [1.29, 1.82) is 0 Å². The van der Waals surface area contributed by atoms with Crippen LogP contribution < -0.4 is 5.32 Å². The summed E-state index contributed by atoms with van der Waals surface area (Å²) in [5.74, 6) is -0.742. The second-order valence-electron chi connectivity index (χ2n) is 5.04. The van der Waals surface area contributed by atoms with Crippen molar-refractivity contribution < 1.29 is 14.4 Å². The van der Waals surface area contributed by atoms with E-state index in [1.54, 1.807) is 62.4 Å². The van der Waals surface area contributed by atoms with E-state index in [4.69, 9.17) is 4.84 Å². The summed E-state index contributed by atoms with van der Waals surface area (Å²) in [6, 6.07) is 17.1. The predicted octanol–water partition coefficient (Wildman–Crippen LogP) is 3.04. The molecule has 0 spiro atoms. The third-order valence-electron chi connectivity index (χ3n) is 3.29. The van der Waals surface area contributed by atoms with Gasteiger partial charge in [-0.05, 0) is 38.1 Å². The smallest absolute Gasteiger partial charge is 0.344 e. The zero-order valence-electron chi connectivity index (χ0n) is 13.0. The third kappa shape index (κ3) is 4.78. The molecule has 0 aliphatic carbocycles. The van der Waals surface area contributed by atoms with Crippen molar-refractivity contribution in [2.75, 3.05) is 0 Å². The van der Waals surface area contributed by atoms with Crippen LogP contribution in [0.5, 0.6) is 0 Å². The summed E-state index contributed by atoms with van der Waals surface area (Å²) >= 11 is 0. The van der Waals surface area contributed by atoms with Gasteiger partial charge in [-0.3, -0.25) is 4.79 Å². The number of nitrogens with one attached hydrogen (secondary N) is 1. The molecule has 5 heteroatoms. The molecule has 1 atom stereocenters. The Labute approximate surface area is 135 Å². The molecule has 2 aromatic rings. The van der Waals surface area contributed by atoms with Crippen LogP contribution >= 0.6 is 0 Å². The van der Waals surface area contributed by atoms with Gasteiger partial charge in [0.25, 0.3) is 5.91 Å². The van der Waals surface area contributed by atoms with Crippen LogP contribution in [0, 0.1) is 0 Å². The van der Waals surface area contributed by atoms with Crippen molar-refractivity contribution in [3.63, 3.8) is 0 Å². The van der Waals surface area contributed by atoms with Crippen LogP contribution in [0.2, 0.25) is 0 Å². The van der Waals surface area contributed by atoms with Crippen LogP contribution in [-0.4, -0.2) is 23.6 Å². The van der Waals surface area contributed by atoms with Crippen molar-refractivity contribution >= 4 is 17.6 Å². The first-order chi connectivity index (χ1) is 11.1. The van der Waals surface area contributed by atoms with Crippen LogP contribution in [0.25, 0.3) is 0 Å². The molecule has 5 nitrogen and oxygen atoms in total. The number of benzene rings is 2. The average Bonchev–Trinajstić information content (AvgIpc) is 2.60. The predicted molar refractivity (Wildman–Crippen MR) is 88.3 cm³/mol. The fourth-order valence-electron chi connectivity index (χ4n) is 1.79. The molecule has 0 aromatic heterocycles. The molecule has 1 unspecified atom stereocenters. The Balaban J connectivity index is 1.93. The molecule has 1 N–H and O–H groups in total. The zero-order chi connectivity index (χ0) is 16.7. The van der Waals surface area contributed by atoms with E-state index in [1.165, 1.54) is 0 Å². The van der Waals surface area contributed by atoms with E-state index in [9.17, 15) is 9.59 Å². The van der Waals surface area contributed by atoms with Crippen LogP contribution in [0.4, 0.5) is 0 Å². The summed E-state index contributed by atoms with van der Waals surface area (Å²) in [5.41, 5.74) is 1.48. The first-order valence-corrected chi connectivity index (χ1v) is 7.24. The maximum atomic E-state index is 12.0. The van der Waals surface area contributed by atoms with Gasteiger partial charge >= 0.3 is 5.97 Å². The maximum Gasteiger partial charge on any atom is 0.365 e. The van der Waals surface area contributed by atoms with Gasteiger partial charge < -0.3 is 10.2 Å². The van der Waals surface area contributed by atoms with Crippen LogP contribution in [-0.2, 0) is 4.84 Å². The summed E-state index contributed by atoms with van der Waals surface area (Å²) in [6.07, 6.45) is 0. The molecule has 2 rings (SSSR count). The van der Waals surface area contributed by atoms with Crippen molar-refractivity contribution in [2.24, 2.45) is 5.16 Å². The van der Waals surface area contributed by atoms with Gasteiger partial charge in [-0.15, -0.1) is 0 Å². The molecule has 1 amide bonds. The zero-order valence-corrected chi connectivity index (χ0v) is 13.0. The number of hydrogen-bond donors (Lipinski definition) is 1. The van der Waals surface area contributed by atoms with Crippen molar-refractivity contribution in [3.8, 4) is 0 Å². The van der Waals surface area contributed by atoms with Gasteiger partial charge in [-0.2, -0.15) is 0 Å². The fourth-order valence-corrected chi connectivity index (χ4v) is 1.79. The Hall–Kier alpha value is -2.95. The van der Waals surface area contributed by atoms with Gasteiger partial charge in [0.15, 0.2) is 0 Å². The molecule has 0 aliphatic heterocycles. The summed E-state index contributed by atoms with van der Waals surface area (Å²) in [5, 5.41) is 6.60. The highest BCUT2D eigenvalue weighted by molar-refractivity contribution is 5.98. The Bertz CT molecular complexity index is 697. The van der Waals surface area contributed by atoms with E-state index in [0.29, 0.717) is 16.8 Å². The van der Waals surface area contributed by atoms with Crippen LogP contribution in [0.1, 0.15) is 34.6 Å². The lowest BCUT2D eigenvalue weighted by Gasteiger charge is -2.13. The molecule has 0 fully saturated rings. The molecule has 2 aromatic carbocycles. The second kappa shape index (κ2) is 7.89. The summed E-state index contributed by atoms with van der Waals surface area (Å²) in [4.78, 5) is 28.7. The number of nitrogens with zero attached hydrogens (tertiary/aromatic N) is 1. The second-order valence-corrected chi connectivity index (χ2v) is 5.04. The molecule has 0 heterocycles. The van der Waals surface area contributed by atoms with Crippen molar-refractivity contribution in [2.45, 2.75) is 19.9 Å². The van der Waals surface area contributed by atoms with Gasteiger partial charge in [0.05, 0.1) is 17.3 Å².